The van der Waals surface area contributed by atoms with Gasteiger partial charge in [-0.1, -0.05) is 60.7 Å². The van der Waals surface area contributed by atoms with Gasteiger partial charge in [-0.05, 0) is 81.7 Å². The maximum Gasteiger partial charge on any atom is 0.257 e. The zero-order valence-corrected chi connectivity index (χ0v) is 24.9. The molecule has 4 rings (SSSR count). The summed E-state index contributed by atoms with van der Waals surface area (Å²) < 4.78 is 33.7. The van der Waals surface area contributed by atoms with Crippen molar-refractivity contribution >= 4 is 54.9 Å². The van der Waals surface area contributed by atoms with Gasteiger partial charge in [0.1, 0.15) is 5.75 Å². The highest BCUT2D eigenvalue weighted by Crippen LogP contribution is 2.26. The number of hydrogen-bond acceptors (Lipinski definition) is 5. The van der Waals surface area contributed by atoms with Crippen molar-refractivity contribution in [3.63, 3.8) is 0 Å². The second kappa shape index (κ2) is 13.7. The maximum absolute atomic E-state index is 13.0. The normalized spacial score (nSPS) is 11.2. The number of carbonyl (C=O) groups excluding carboxylic acids is 1. The third kappa shape index (κ3) is 7.98. The lowest BCUT2D eigenvalue weighted by Gasteiger charge is -2.18. The Bertz CT molecular complexity index is 1570. The fourth-order valence-electron chi connectivity index (χ4n) is 3.84. The molecule has 0 aromatic heterocycles. The van der Waals surface area contributed by atoms with Crippen LogP contribution in [0.5, 0.6) is 5.75 Å². The smallest absolute Gasteiger partial charge is 0.257 e. The second-order valence-electron chi connectivity index (χ2n) is 8.91. The first-order valence-electron chi connectivity index (χ1n) is 12.4. The van der Waals surface area contributed by atoms with Crippen LogP contribution in [0.25, 0.3) is 0 Å². The Labute approximate surface area is 248 Å². The Morgan fingerprint density at radius 2 is 1.52 bits per heavy atom. The first-order chi connectivity index (χ1) is 19.2. The molecule has 1 amide bonds. The number of anilines is 1. The molecule has 0 saturated carbocycles. The number of carbonyl (C=O) groups is 1. The van der Waals surface area contributed by atoms with Gasteiger partial charge in [0.05, 0.1) is 16.0 Å². The lowest BCUT2D eigenvalue weighted by Crippen LogP contribution is -2.34. The molecule has 4 aromatic carbocycles. The van der Waals surface area contributed by atoms with Crippen molar-refractivity contribution in [1.82, 2.24) is 9.62 Å². The number of halogens is 1. The summed E-state index contributed by atoms with van der Waals surface area (Å²) in [5.41, 5.74) is 3.01. The topological polar surface area (TPSA) is 87.7 Å². The fourth-order valence-corrected chi connectivity index (χ4v) is 5.70. The van der Waals surface area contributed by atoms with Crippen LogP contribution in [0.15, 0.2) is 112 Å². The molecule has 2 N–H and O–H groups in total. The largest absolute Gasteiger partial charge is 0.492 e. The van der Waals surface area contributed by atoms with Gasteiger partial charge in [-0.25, -0.2) is 8.42 Å². The summed E-state index contributed by atoms with van der Waals surface area (Å²) in [6.45, 7) is 0.766. The third-order valence-corrected chi connectivity index (χ3v) is 8.62. The van der Waals surface area contributed by atoms with E-state index in [9.17, 15) is 13.2 Å². The van der Waals surface area contributed by atoms with E-state index >= 15 is 0 Å². The van der Waals surface area contributed by atoms with Crippen LogP contribution in [0.1, 0.15) is 21.5 Å². The molecule has 0 radical (unpaired) electrons. The Balaban J connectivity index is 1.29. The number of nitrogens with zero attached hydrogens (tertiary/aromatic N) is 1. The van der Waals surface area contributed by atoms with Crippen molar-refractivity contribution in [3.05, 3.63) is 124 Å². The van der Waals surface area contributed by atoms with Crippen LogP contribution in [0.3, 0.4) is 0 Å². The zero-order valence-electron chi connectivity index (χ0n) is 21.7. The van der Waals surface area contributed by atoms with E-state index in [1.54, 1.807) is 37.4 Å². The van der Waals surface area contributed by atoms with E-state index in [0.717, 1.165) is 12.0 Å². The van der Waals surface area contributed by atoms with Crippen molar-refractivity contribution < 1.29 is 17.9 Å². The number of benzene rings is 4. The Hall–Kier alpha value is -3.57. The Morgan fingerprint density at radius 3 is 2.15 bits per heavy atom. The summed E-state index contributed by atoms with van der Waals surface area (Å²) >= 11 is 8.76. The van der Waals surface area contributed by atoms with Crippen LogP contribution in [0.4, 0.5) is 5.69 Å². The molecule has 0 bridgehead atoms. The minimum Gasteiger partial charge on any atom is -0.492 e. The van der Waals surface area contributed by atoms with Crippen molar-refractivity contribution in [1.29, 1.82) is 0 Å². The average Bonchev–Trinajstić information content (AvgIpc) is 2.95. The van der Waals surface area contributed by atoms with E-state index < -0.39 is 15.9 Å². The van der Waals surface area contributed by atoms with Gasteiger partial charge in [0, 0.05) is 31.3 Å². The quantitative estimate of drug-likeness (QED) is 0.207. The monoisotopic (exact) mass is 637 g/mol. The maximum atomic E-state index is 13.0. The van der Waals surface area contributed by atoms with Gasteiger partial charge in [-0.15, -0.1) is 0 Å². The SMILES string of the molecule is CN(Cc1ccccc1)S(=O)(=O)c1ccc(NC(=S)NC(=O)c2ccc(OCCc3ccccc3)c(Br)c2)cc1. The van der Waals surface area contributed by atoms with Gasteiger partial charge in [-0.2, -0.15) is 4.31 Å². The molecule has 0 fully saturated rings. The molecule has 7 nitrogen and oxygen atoms in total. The Morgan fingerprint density at radius 1 is 0.900 bits per heavy atom. The molecule has 206 valence electrons. The van der Waals surface area contributed by atoms with Crippen LogP contribution < -0.4 is 15.4 Å². The summed E-state index contributed by atoms with van der Waals surface area (Å²) in [6.07, 6.45) is 0.771. The van der Waals surface area contributed by atoms with Crippen LogP contribution in [-0.4, -0.2) is 37.4 Å². The molecule has 0 aliphatic rings. The van der Waals surface area contributed by atoms with E-state index in [-0.39, 0.29) is 16.6 Å². The molecule has 0 spiro atoms. The number of hydrogen-bond donors (Lipinski definition) is 2. The summed E-state index contributed by atoms with van der Waals surface area (Å²) in [5, 5.41) is 5.64. The molecule has 4 aromatic rings. The standard InChI is InChI=1S/C30H28BrN3O4S2/c1-34(21-23-10-6-3-7-11-23)40(36,37)26-15-13-25(14-16-26)32-30(39)33-29(35)24-12-17-28(27(31)20-24)38-19-18-22-8-4-2-5-9-22/h2-17,20H,18-19,21H2,1H3,(H2,32,33,35,39). The third-order valence-electron chi connectivity index (χ3n) is 5.98. The number of ether oxygens (including phenoxy) is 1. The molecule has 0 aliphatic carbocycles. The van der Waals surface area contributed by atoms with E-state index in [0.29, 0.717) is 28.1 Å². The molecule has 40 heavy (non-hydrogen) atoms. The van der Waals surface area contributed by atoms with Gasteiger partial charge in [0.25, 0.3) is 5.91 Å². The predicted octanol–water partition coefficient (Wildman–Crippen LogP) is 6.02. The summed E-state index contributed by atoms with van der Waals surface area (Å²) in [7, 11) is -2.13. The zero-order chi connectivity index (χ0) is 28.5. The van der Waals surface area contributed by atoms with Crippen LogP contribution in [0, 0.1) is 0 Å². The highest BCUT2D eigenvalue weighted by molar-refractivity contribution is 9.10. The van der Waals surface area contributed by atoms with Crippen LogP contribution in [-0.2, 0) is 23.0 Å². The first kappa shape index (κ1) is 29.4. The van der Waals surface area contributed by atoms with Crippen molar-refractivity contribution in [2.24, 2.45) is 0 Å². The van der Waals surface area contributed by atoms with Crippen LogP contribution in [0.2, 0.25) is 0 Å². The number of rotatable bonds is 10. The predicted molar refractivity (Wildman–Crippen MR) is 165 cm³/mol. The van der Waals surface area contributed by atoms with E-state index in [2.05, 4.69) is 26.6 Å². The molecule has 10 heteroatoms. The van der Waals surface area contributed by atoms with Crippen molar-refractivity contribution in [2.75, 3.05) is 19.0 Å². The molecule has 0 aliphatic heterocycles. The highest BCUT2D eigenvalue weighted by atomic mass is 79.9. The molecular formula is C30H28BrN3O4S2. The number of nitrogens with one attached hydrogen (secondary N) is 2. The molecule has 0 atom stereocenters. The minimum atomic E-state index is -3.68. The lowest BCUT2D eigenvalue weighted by atomic mass is 10.2. The average molecular weight is 639 g/mol. The highest BCUT2D eigenvalue weighted by Gasteiger charge is 2.21. The first-order valence-corrected chi connectivity index (χ1v) is 15.1. The van der Waals surface area contributed by atoms with E-state index in [1.807, 2.05) is 60.7 Å². The molecule has 0 unspecified atom stereocenters. The second-order valence-corrected chi connectivity index (χ2v) is 12.2. The van der Waals surface area contributed by atoms with Crippen molar-refractivity contribution in [2.45, 2.75) is 17.9 Å². The summed E-state index contributed by atoms with van der Waals surface area (Å²) in [5.74, 6) is 0.244. The van der Waals surface area contributed by atoms with Gasteiger partial charge < -0.3 is 10.1 Å². The Kier molecular flexibility index (Phi) is 10.1. The molecule has 0 heterocycles. The van der Waals surface area contributed by atoms with Gasteiger partial charge in [-0.3, -0.25) is 10.1 Å². The number of amides is 1. The number of thiocarbonyl (C=S) groups is 1. The van der Waals surface area contributed by atoms with Crippen molar-refractivity contribution in [3.8, 4) is 5.75 Å². The molecular weight excluding hydrogens is 610 g/mol. The minimum absolute atomic E-state index is 0.0844. The van der Waals surface area contributed by atoms with E-state index in [4.69, 9.17) is 17.0 Å². The number of sulfonamides is 1. The van der Waals surface area contributed by atoms with Crippen LogP contribution >= 0.6 is 28.1 Å². The van der Waals surface area contributed by atoms with Gasteiger partial charge >= 0.3 is 0 Å². The fraction of sp³-hybridized carbons (Fsp3) is 0.133. The van der Waals surface area contributed by atoms with E-state index in [1.165, 1.54) is 22.0 Å². The lowest BCUT2D eigenvalue weighted by molar-refractivity contribution is 0.0977. The van der Waals surface area contributed by atoms with Gasteiger partial charge in [0.2, 0.25) is 10.0 Å². The summed E-state index contributed by atoms with van der Waals surface area (Å²) in [4.78, 5) is 12.9. The molecule has 0 saturated heterocycles. The van der Waals surface area contributed by atoms with Gasteiger partial charge in [0.15, 0.2) is 5.11 Å². The summed E-state index contributed by atoms with van der Waals surface area (Å²) in [6, 6.07) is 30.7.